The van der Waals surface area contributed by atoms with E-state index in [9.17, 15) is 14.9 Å². The Morgan fingerprint density at radius 3 is 2.56 bits per heavy atom. The lowest BCUT2D eigenvalue weighted by Crippen LogP contribution is -2.26. The molecule has 0 saturated heterocycles. The molecule has 1 aromatic rings. The zero-order chi connectivity index (χ0) is 13.5. The largest absolute Gasteiger partial charge is 0.298 e. The summed E-state index contributed by atoms with van der Waals surface area (Å²) in [5, 5.41) is 18.9. The highest BCUT2D eigenvalue weighted by Crippen LogP contribution is 2.12. The minimum atomic E-state index is -0.507. The zero-order valence-corrected chi connectivity index (χ0v) is 10.00. The molecule has 1 rings (SSSR count). The molecular weight excluding hydrogens is 234 g/mol. The maximum absolute atomic E-state index is 11.8. The van der Waals surface area contributed by atoms with Gasteiger partial charge in [-0.3, -0.25) is 19.8 Å². The first-order valence-corrected chi connectivity index (χ1v) is 5.37. The van der Waals surface area contributed by atoms with Crippen molar-refractivity contribution < 1.29 is 9.72 Å². The molecule has 0 aromatic heterocycles. The van der Waals surface area contributed by atoms with Crippen LogP contribution in [0, 0.1) is 21.4 Å². The normalized spacial score (nSPS) is 10.1. The maximum Gasteiger partial charge on any atom is 0.269 e. The quantitative estimate of drug-likeness (QED) is 0.433. The molecular formula is C12H13N3O3. The zero-order valence-electron chi connectivity index (χ0n) is 10.00. The van der Waals surface area contributed by atoms with Crippen LogP contribution in [0.1, 0.15) is 16.8 Å². The van der Waals surface area contributed by atoms with Crippen LogP contribution in [-0.4, -0.2) is 35.7 Å². The monoisotopic (exact) mass is 247 g/mol. The van der Waals surface area contributed by atoms with Gasteiger partial charge in [0, 0.05) is 30.7 Å². The van der Waals surface area contributed by atoms with Gasteiger partial charge in [0.15, 0.2) is 5.78 Å². The number of non-ortho nitro benzene ring substituents is 1. The molecule has 0 saturated carbocycles. The number of nitro benzene ring substituents is 1. The molecule has 94 valence electrons. The van der Waals surface area contributed by atoms with Gasteiger partial charge in [-0.1, -0.05) is 0 Å². The molecule has 18 heavy (non-hydrogen) atoms. The lowest BCUT2D eigenvalue weighted by molar-refractivity contribution is -0.384. The van der Waals surface area contributed by atoms with E-state index in [1.165, 1.54) is 24.3 Å². The molecule has 0 fully saturated rings. The molecule has 6 heteroatoms. The first-order chi connectivity index (χ1) is 8.54. The fourth-order valence-corrected chi connectivity index (χ4v) is 1.43. The van der Waals surface area contributed by atoms with Crippen LogP contribution in [0.3, 0.4) is 0 Å². The third-order valence-electron chi connectivity index (χ3n) is 2.42. The summed E-state index contributed by atoms with van der Waals surface area (Å²) in [7, 11) is 1.75. The van der Waals surface area contributed by atoms with Gasteiger partial charge < -0.3 is 0 Å². The van der Waals surface area contributed by atoms with E-state index in [1.54, 1.807) is 11.9 Å². The summed E-state index contributed by atoms with van der Waals surface area (Å²) >= 11 is 0. The Balaban J connectivity index is 2.62. The lowest BCUT2D eigenvalue weighted by atomic mass is 10.1. The third-order valence-corrected chi connectivity index (χ3v) is 2.42. The van der Waals surface area contributed by atoms with Gasteiger partial charge in [-0.2, -0.15) is 5.26 Å². The molecule has 0 aliphatic carbocycles. The fourth-order valence-electron chi connectivity index (χ4n) is 1.43. The number of rotatable bonds is 6. The van der Waals surface area contributed by atoms with Crippen LogP contribution in [0.4, 0.5) is 5.69 Å². The lowest BCUT2D eigenvalue weighted by Gasteiger charge is -2.13. The van der Waals surface area contributed by atoms with E-state index in [4.69, 9.17) is 5.26 Å². The predicted molar refractivity (Wildman–Crippen MR) is 65.2 cm³/mol. The van der Waals surface area contributed by atoms with Crippen molar-refractivity contribution in [2.24, 2.45) is 0 Å². The van der Waals surface area contributed by atoms with E-state index < -0.39 is 4.92 Å². The van der Waals surface area contributed by atoms with Gasteiger partial charge in [0.25, 0.3) is 5.69 Å². The minimum absolute atomic E-state index is 0.0376. The molecule has 1 aromatic carbocycles. The Morgan fingerprint density at radius 2 is 2.06 bits per heavy atom. The molecule has 0 aliphatic heterocycles. The molecule has 0 amide bonds. The van der Waals surface area contributed by atoms with Gasteiger partial charge in [-0.05, 0) is 19.2 Å². The Bertz CT molecular complexity index is 476. The molecule has 0 heterocycles. The first-order valence-electron chi connectivity index (χ1n) is 5.37. The van der Waals surface area contributed by atoms with Gasteiger partial charge in [-0.15, -0.1) is 0 Å². The average Bonchev–Trinajstić information content (AvgIpc) is 2.36. The van der Waals surface area contributed by atoms with Crippen molar-refractivity contribution in [1.82, 2.24) is 4.90 Å². The van der Waals surface area contributed by atoms with Gasteiger partial charge >= 0.3 is 0 Å². The summed E-state index contributed by atoms with van der Waals surface area (Å²) in [5.41, 5.74) is 0.397. The summed E-state index contributed by atoms with van der Waals surface area (Å²) in [6, 6.07) is 7.51. The molecule has 0 N–H and O–H groups in total. The number of hydrogen-bond donors (Lipinski definition) is 0. The van der Waals surface area contributed by atoms with E-state index in [0.717, 1.165) is 0 Å². The highest BCUT2D eigenvalue weighted by Gasteiger charge is 2.11. The van der Waals surface area contributed by atoms with E-state index in [1.807, 2.05) is 6.07 Å². The smallest absolute Gasteiger partial charge is 0.269 e. The van der Waals surface area contributed by atoms with Crippen LogP contribution in [0.2, 0.25) is 0 Å². The molecule has 0 aliphatic rings. The molecule has 0 spiro atoms. The number of benzene rings is 1. The van der Waals surface area contributed by atoms with Crippen LogP contribution in [0.15, 0.2) is 24.3 Å². The third kappa shape index (κ3) is 3.96. The number of nitriles is 1. The Kier molecular flexibility index (Phi) is 4.96. The SMILES string of the molecule is CN(CCC#N)CC(=O)c1ccc([N+](=O)[O-])cc1. The second-order valence-electron chi connectivity index (χ2n) is 3.87. The van der Waals surface area contributed by atoms with E-state index >= 15 is 0 Å². The standard InChI is InChI=1S/C12H13N3O3/c1-14(8-2-7-13)9-12(16)10-3-5-11(6-4-10)15(17)18/h3-6H,2,8-9H2,1H3. The topological polar surface area (TPSA) is 87.2 Å². The Hall–Kier alpha value is -2.26. The number of nitro groups is 1. The number of likely N-dealkylation sites (N-methyl/N-ethyl adjacent to an activating group) is 1. The van der Waals surface area contributed by atoms with Gasteiger partial charge in [0.1, 0.15) is 0 Å². The van der Waals surface area contributed by atoms with Crippen LogP contribution >= 0.6 is 0 Å². The molecule has 0 atom stereocenters. The number of ketones is 1. The predicted octanol–water partition coefficient (Wildman–Crippen LogP) is 1.62. The number of hydrogen-bond acceptors (Lipinski definition) is 5. The minimum Gasteiger partial charge on any atom is -0.298 e. The molecule has 0 unspecified atom stereocenters. The Labute approximate surface area is 105 Å². The van der Waals surface area contributed by atoms with E-state index in [-0.39, 0.29) is 18.0 Å². The van der Waals surface area contributed by atoms with E-state index in [2.05, 4.69) is 0 Å². The van der Waals surface area contributed by atoms with Crippen molar-refractivity contribution in [3.8, 4) is 6.07 Å². The summed E-state index contributed by atoms with van der Waals surface area (Å²) in [4.78, 5) is 23.5. The second-order valence-corrected chi connectivity index (χ2v) is 3.87. The summed E-state index contributed by atoms with van der Waals surface area (Å²) < 4.78 is 0. The van der Waals surface area contributed by atoms with Crippen molar-refractivity contribution in [2.45, 2.75) is 6.42 Å². The molecule has 0 bridgehead atoms. The average molecular weight is 247 g/mol. The van der Waals surface area contributed by atoms with Gasteiger partial charge in [0.05, 0.1) is 17.5 Å². The number of nitrogens with zero attached hydrogens (tertiary/aromatic N) is 3. The maximum atomic E-state index is 11.8. The van der Waals surface area contributed by atoms with Crippen molar-refractivity contribution in [3.05, 3.63) is 39.9 Å². The van der Waals surface area contributed by atoms with Gasteiger partial charge in [-0.25, -0.2) is 0 Å². The van der Waals surface area contributed by atoms with Gasteiger partial charge in [0.2, 0.25) is 0 Å². The highest BCUT2D eigenvalue weighted by atomic mass is 16.6. The number of carbonyl (C=O) groups excluding carboxylic acids is 1. The van der Waals surface area contributed by atoms with Crippen molar-refractivity contribution in [3.63, 3.8) is 0 Å². The highest BCUT2D eigenvalue weighted by molar-refractivity contribution is 5.97. The van der Waals surface area contributed by atoms with Crippen LogP contribution in [0.25, 0.3) is 0 Å². The van der Waals surface area contributed by atoms with Crippen molar-refractivity contribution >= 4 is 11.5 Å². The number of Topliss-reactive ketones (excluding diaryl/α,β-unsaturated/α-hetero) is 1. The number of carbonyl (C=O) groups is 1. The molecule has 0 radical (unpaired) electrons. The van der Waals surface area contributed by atoms with Crippen LogP contribution in [0.5, 0.6) is 0 Å². The summed E-state index contributed by atoms with van der Waals surface area (Å²) in [6.07, 6.45) is 0.365. The first kappa shape index (κ1) is 13.8. The van der Waals surface area contributed by atoms with E-state index in [0.29, 0.717) is 18.5 Å². The molecule has 6 nitrogen and oxygen atoms in total. The van der Waals surface area contributed by atoms with Crippen molar-refractivity contribution in [1.29, 1.82) is 5.26 Å². The fraction of sp³-hybridized carbons (Fsp3) is 0.333. The van der Waals surface area contributed by atoms with Crippen LogP contribution < -0.4 is 0 Å². The summed E-state index contributed by atoms with van der Waals surface area (Å²) in [5.74, 6) is -0.120. The Morgan fingerprint density at radius 1 is 1.44 bits per heavy atom. The van der Waals surface area contributed by atoms with Crippen LogP contribution in [-0.2, 0) is 0 Å². The second kappa shape index (κ2) is 6.47. The summed E-state index contributed by atoms with van der Waals surface area (Å²) in [6.45, 7) is 0.717. The van der Waals surface area contributed by atoms with Crippen molar-refractivity contribution in [2.75, 3.05) is 20.1 Å².